The Morgan fingerprint density at radius 2 is 1.96 bits per heavy atom. The van der Waals surface area contributed by atoms with E-state index in [9.17, 15) is 14.0 Å². The van der Waals surface area contributed by atoms with Crippen molar-refractivity contribution in [3.05, 3.63) is 35.6 Å². The summed E-state index contributed by atoms with van der Waals surface area (Å²) in [5.74, 6) is -0.473. The van der Waals surface area contributed by atoms with Crippen molar-refractivity contribution in [2.24, 2.45) is 10.5 Å². The highest BCUT2D eigenvalue weighted by molar-refractivity contribution is 6.13. The number of carbonyl (C=O) groups is 2. The third-order valence-corrected chi connectivity index (χ3v) is 4.68. The van der Waals surface area contributed by atoms with E-state index < -0.39 is 17.1 Å². The third-order valence-electron chi connectivity index (χ3n) is 4.68. The van der Waals surface area contributed by atoms with Crippen molar-refractivity contribution in [1.29, 1.82) is 0 Å². The molecular formula is C19H24FN3O3. The number of nitrogens with zero attached hydrogens (tertiary/aromatic N) is 3. The van der Waals surface area contributed by atoms with Crippen LogP contribution in [-0.2, 0) is 16.0 Å². The lowest BCUT2D eigenvalue weighted by atomic mass is 9.73. The number of carbonyl (C=O) groups excluding carboxylic acids is 2. The molecule has 0 bridgehead atoms. The summed E-state index contributed by atoms with van der Waals surface area (Å²) < 4.78 is 18.7. The number of likely N-dealkylation sites (tertiary alicyclic amines) is 1. The topological polar surface area (TPSA) is 62.2 Å². The summed E-state index contributed by atoms with van der Waals surface area (Å²) in [4.78, 5) is 27.0. The van der Waals surface area contributed by atoms with Crippen LogP contribution >= 0.6 is 0 Å². The average Bonchev–Trinajstić information content (AvgIpc) is 2.79. The van der Waals surface area contributed by atoms with Gasteiger partial charge in [-0.25, -0.2) is 14.2 Å². The molecule has 2 amide bonds. The van der Waals surface area contributed by atoms with Gasteiger partial charge in [-0.05, 0) is 44.9 Å². The number of piperidine rings is 1. The Bertz CT molecular complexity index is 754. The maximum absolute atomic E-state index is 13.2. The van der Waals surface area contributed by atoms with Crippen molar-refractivity contribution in [2.45, 2.75) is 39.2 Å². The van der Waals surface area contributed by atoms with Gasteiger partial charge in [-0.15, -0.1) is 0 Å². The zero-order chi connectivity index (χ0) is 19.1. The fourth-order valence-corrected chi connectivity index (χ4v) is 3.52. The van der Waals surface area contributed by atoms with Gasteiger partial charge in [0.05, 0.1) is 5.71 Å². The van der Waals surface area contributed by atoms with E-state index in [1.165, 1.54) is 17.1 Å². The van der Waals surface area contributed by atoms with Gasteiger partial charge in [-0.3, -0.25) is 4.79 Å². The van der Waals surface area contributed by atoms with Gasteiger partial charge >= 0.3 is 6.09 Å². The minimum Gasteiger partial charge on any atom is -0.444 e. The Labute approximate surface area is 152 Å². The lowest BCUT2D eigenvalue weighted by Crippen LogP contribution is -2.56. The first kappa shape index (κ1) is 18.4. The molecule has 0 unspecified atom stereocenters. The zero-order valence-corrected chi connectivity index (χ0v) is 15.6. The van der Waals surface area contributed by atoms with E-state index in [0.717, 1.165) is 11.3 Å². The van der Waals surface area contributed by atoms with Crippen molar-refractivity contribution < 1.29 is 18.7 Å². The molecule has 6 nitrogen and oxygen atoms in total. The van der Waals surface area contributed by atoms with Crippen LogP contribution in [0.15, 0.2) is 29.4 Å². The molecule has 1 atom stereocenters. The molecule has 26 heavy (non-hydrogen) atoms. The molecule has 1 fully saturated rings. The van der Waals surface area contributed by atoms with Crippen molar-refractivity contribution in [3.8, 4) is 0 Å². The summed E-state index contributed by atoms with van der Waals surface area (Å²) >= 11 is 0. The molecule has 1 aromatic rings. The van der Waals surface area contributed by atoms with Gasteiger partial charge in [-0.2, -0.15) is 5.10 Å². The van der Waals surface area contributed by atoms with Gasteiger partial charge in [-0.1, -0.05) is 12.1 Å². The second-order valence-electron chi connectivity index (χ2n) is 7.91. The van der Waals surface area contributed by atoms with Crippen LogP contribution in [0, 0.1) is 11.2 Å². The predicted molar refractivity (Wildman–Crippen MR) is 95.2 cm³/mol. The Hall–Kier alpha value is -2.44. The molecule has 140 valence electrons. The van der Waals surface area contributed by atoms with E-state index >= 15 is 0 Å². The van der Waals surface area contributed by atoms with Crippen LogP contribution in [0.5, 0.6) is 0 Å². The molecule has 2 aliphatic heterocycles. The molecule has 1 saturated heterocycles. The van der Waals surface area contributed by atoms with Crippen molar-refractivity contribution in [1.82, 2.24) is 9.91 Å². The first-order valence-electron chi connectivity index (χ1n) is 8.69. The van der Waals surface area contributed by atoms with Crippen LogP contribution in [0.3, 0.4) is 0 Å². The molecule has 2 heterocycles. The number of rotatable bonds is 2. The highest BCUT2D eigenvalue weighted by Gasteiger charge is 2.53. The number of amides is 2. The van der Waals surface area contributed by atoms with Crippen LogP contribution in [0.25, 0.3) is 0 Å². The molecule has 3 rings (SSSR count). The average molecular weight is 361 g/mol. The Morgan fingerprint density at radius 1 is 1.31 bits per heavy atom. The lowest BCUT2D eigenvalue weighted by Gasteiger charge is -2.39. The summed E-state index contributed by atoms with van der Waals surface area (Å²) in [5.41, 5.74) is 0.0799. The molecule has 0 radical (unpaired) electrons. The number of fused-ring (bicyclic) bond motifs is 1. The SMILES string of the molecule is CN1N=C2CCN(C(=O)OC(C)(C)C)C[C@]2(Cc2ccc(F)cc2)C1=O. The predicted octanol–water partition coefficient (Wildman–Crippen LogP) is 2.82. The van der Waals surface area contributed by atoms with E-state index in [1.54, 1.807) is 24.1 Å². The summed E-state index contributed by atoms with van der Waals surface area (Å²) in [6, 6.07) is 6.08. The first-order valence-corrected chi connectivity index (χ1v) is 8.69. The fraction of sp³-hybridized carbons (Fsp3) is 0.526. The van der Waals surface area contributed by atoms with Gasteiger partial charge in [0, 0.05) is 26.6 Å². The Kier molecular flexibility index (Phi) is 4.50. The highest BCUT2D eigenvalue weighted by atomic mass is 19.1. The van der Waals surface area contributed by atoms with Gasteiger partial charge < -0.3 is 9.64 Å². The largest absolute Gasteiger partial charge is 0.444 e. The minimum atomic E-state index is -0.915. The molecule has 0 aliphatic carbocycles. The summed E-state index contributed by atoms with van der Waals surface area (Å²) in [5, 5.41) is 5.74. The van der Waals surface area contributed by atoms with E-state index in [2.05, 4.69) is 5.10 Å². The number of benzene rings is 1. The van der Waals surface area contributed by atoms with Gasteiger partial charge in [0.1, 0.15) is 16.8 Å². The van der Waals surface area contributed by atoms with E-state index in [4.69, 9.17) is 4.74 Å². The minimum absolute atomic E-state index is 0.148. The van der Waals surface area contributed by atoms with Crippen LogP contribution in [0.2, 0.25) is 0 Å². The number of hydrazone groups is 1. The lowest BCUT2D eigenvalue weighted by molar-refractivity contribution is -0.135. The van der Waals surface area contributed by atoms with Gasteiger partial charge in [0.25, 0.3) is 5.91 Å². The molecule has 0 N–H and O–H groups in total. The normalized spacial score (nSPS) is 23.0. The maximum atomic E-state index is 13.2. The van der Waals surface area contributed by atoms with Gasteiger partial charge in [0.15, 0.2) is 0 Å². The molecule has 0 spiro atoms. The zero-order valence-electron chi connectivity index (χ0n) is 15.6. The van der Waals surface area contributed by atoms with Gasteiger partial charge in [0.2, 0.25) is 0 Å². The van der Waals surface area contributed by atoms with Crippen LogP contribution in [-0.4, -0.2) is 53.4 Å². The highest BCUT2D eigenvalue weighted by Crippen LogP contribution is 2.38. The monoisotopic (exact) mass is 361 g/mol. The van der Waals surface area contributed by atoms with E-state index in [0.29, 0.717) is 19.4 Å². The summed E-state index contributed by atoms with van der Waals surface area (Å²) in [6.45, 7) is 6.10. The fourth-order valence-electron chi connectivity index (χ4n) is 3.52. The van der Waals surface area contributed by atoms with Crippen molar-refractivity contribution in [2.75, 3.05) is 20.1 Å². The second kappa shape index (κ2) is 6.37. The molecule has 0 aromatic heterocycles. The number of hydrogen-bond acceptors (Lipinski definition) is 4. The molecule has 2 aliphatic rings. The summed E-state index contributed by atoms with van der Waals surface area (Å²) in [6.07, 6.45) is 0.447. The number of hydrogen-bond donors (Lipinski definition) is 0. The molecular weight excluding hydrogens is 337 g/mol. The third kappa shape index (κ3) is 3.43. The maximum Gasteiger partial charge on any atom is 0.410 e. The molecule has 7 heteroatoms. The Balaban J connectivity index is 1.89. The summed E-state index contributed by atoms with van der Waals surface area (Å²) in [7, 11) is 1.62. The van der Waals surface area contributed by atoms with Crippen molar-refractivity contribution >= 4 is 17.7 Å². The first-order chi connectivity index (χ1) is 12.1. The van der Waals surface area contributed by atoms with Crippen molar-refractivity contribution in [3.63, 3.8) is 0 Å². The van der Waals surface area contributed by atoms with Crippen LogP contribution < -0.4 is 0 Å². The van der Waals surface area contributed by atoms with E-state index in [1.807, 2.05) is 20.8 Å². The second-order valence-corrected chi connectivity index (χ2v) is 7.91. The number of halogens is 1. The standard InChI is InChI=1S/C19H24FN3O3/c1-18(2,3)26-17(25)23-10-9-15-19(12-23,16(24)22(4)21-15)11-13-5-7-14(20)8-6-13/h5-8H,9-12H2,1-4H3/t19-/m0/s1. The smallest absolute Gasteiger partial charge is 0.410 e. The Morgan fingerprint density at radius 3 is 2.58 bits per heavy atom. The van der Waals surface area contributed by atoms with E-state index in [-0.39, 0.29) is 18.3 Å². The number of ether oxygens (including phenoxy) is 1. The van der Waals surface area contributed by atoms with Crippen LogP contribution in [0.1, 0.15) is 32.8 Å². The molecule has 1 aromatic carbocycles. The van der Waals surface area contributed by atoms with Crippen LogP contribution in [0.4, 0.5) is 9.18 Å². The molecule has 0 saturated carbocycles. The quantitative estimate of drug-likeness (QED) is 0.814.